The van der Waals surface area contributed by atoms with Gasteiger partial charge in [0.25, 0.3) is 5.91 Å². The highest BCUT2D eigenvalue weighted by Crippen LogP contribution is 2.25. The van der Waals surface area contributed by atoms with E-state index in [1.54, 1.807) is 43.3 Å². The maximum Gasteiger partial charge on any atom is 0.387 e. The molecule has 0 spiro atoms. The van der Waals surface area contributed by atoms with Gasteiger partial charge in [-0.1, -0.05) is 12.1 Å². The third-order valence-electron chi connectivity index (χ3n) is 4.27. The summed E-state index contributed by atoms with van der Waals surface area (Å²) in [6, 6.07) is 14.7. The molecule has 0 aliphatic rings. The van der Waals surface area contributed by atoms with Crippen LogP contribution in [0.5, 0.6) is 5.75 Å². The first-order valence-electron chi connectivity index (χ1n) is 8.79. The number of halogens is 2. The Balaban J connectivity index is 1.69. The Kier molecular flexibility index (Phi) is 6.46. The van der Waals surface area contributed by atoms with Gasteiger partial charge in [0, 0.05) is 5.69 Å². The molecule has 3 aromatic rings. The molecule has 1 atom stereocenters. The molecule has 29 heavy (non-hydrogen) atoms. The largest absolute Gasteiger partial charge is 0.435 e. The second-order valence-electron chi connectivity index (χ2n) is 6.54. The van der Waals surface area contributed by atoms with Crippen molar-refractivity contribution in [2.45, 2.75) is 19.1 Å². The fourth-order valence-electron chi connectivity index (χ4n) is 2.69. The first-order chi connectivity index (χ1) is 13.8. The second-order valence-corrected chi connectivity index (χ2v) is 7.32. The summed E-state index contributed by atoms with van der Waals surface area (Å²) in [5, 5.41) is 20.1. The molecule has 1 heterocycles. The van der Waals surface area contributed by atoms with E-state index >= 15 is 0 Å². The van der Waals surface area contributed by atoms with Crippen molar-refractivity contribution in [3.63, 3.8) is 0 Å². The summed E-state index contributed by atoms with van der Waals surface area (Å²) in [4.78, 5) is 12.7. The van der Waals surface area contributed by atoms with Gasteiger partial charge < -0.3 is 20.5 Å². The molecule has 0 bridgehead atoms. The highest BCUT2D eigenvalue weighted by Gasteiger charge is 2.25. The Morgan fingerprint density at radius 3 is 2.55 bits per heavy atom. The molecule has 0 unspecified atom stereocenters. The van der Waals surface area contributed by atoms with E-state index in [-0.39, 0.29) is 18.2 Å². The van der Waals surface area contributed by atoms with E-state index in [2.05, 4.69) is 15.4 Å². The van der Waals surface area contributed by atoms with Crippen LogP contribution < -0.4 is 15.4 Å². The molecule has 8 heteroatoms. The van der Waals surface area contributed by atoms with Gasteiger partial charge in [-0.2, -0.15) is 20.1 Å². The number of ether oxygens (including phenoxy) is 1. The number of amides is 1. The van der Waals surface area contributed by atoms with Crippen LogP contribution in [0.1, 0.15) is 22.8 Å². The molecule has 1 amide bonds. The van der Waals surface area contributed by atoms with E-state index in [9.17, 15) is 18.7 Å². The van der Waals surface area contributed by atoms with Crippen LogP contribution >= 0.6 is 11.3 Å². The number of benzene rings is 2. The molecule has 3 N–H and O–H groups in total. The molecule has 152 valence electrons. The zero-order chi connectivity index (χ0) is 20.9. The number of carbonyl (C=O) groups excluding carboxylic acids is 1. The number of thiophene rings is 1. The minimum atomic E-state index is -2.88. The summed E-state index contributed by atoms with van der Waals surface area (Å²) < 4.78 is 28.8. The number of anilines is 2. The number of alkyl halides is 2. The molecule has 5 nitrogen and oxygen atoms in total. The van der Waals surface area contributed by atoms with E-state index in [1.807, 2.05) is 16.8 Å². The van der Waals surface area contributed by atoms with Crippen LogP contribution in [0.25, 0.3) is 0 Å². The lowest BCUT2D eigenvalue weighted by molar-refractivity contribution is -0.0498. The van der Waals surface area contributed by atoms with Gasteiger partial charge in [-0.05, 0) is 65.7 Å². The van der Waals surface area contributed by atoms with Crippen LogP contribution in [0, 0.1) is 0 Å². The van der Waals surface area contributed by atoms with Crippen molar-refractivity contribution in [1.82, 2.24) is 5.32 Å². The molecule has 0 radical (unpaired) electrons. The Morgan fingerprint density at radius 2 is 1.90 bits per heavy atom. The minimum Gasteiger partial charge on any atom is -0.435 e. The number of hydrogen-bond donors (Lipinski definition) is 3. The molecule has 0 aliphatic heterocycles. The first-order valence-corrected chi connectivity index (χ1v) is 9.73. The van der Waals surface area contributed by atoms with Gasteiger partial charge in [-0.25, -0.2) is 0 Å². The van der Waals surface area contributed by atoms with Gasteiger partial charge in [0.2, 0.25) is 0 Å². The summed E-state index contributed by atoms with van der Waals surface area (Å²) in [6.45, 7) is -1.19. The van der Waals surface area contributed by atoms with Crippen molar-refractivity contribution in [2.75, 3.05) is 11.9 Å². The number of carbonyl (C=O) groups is 1. The van der Waals surface area contributed by atoms with Crippen LogP contribution in [-0.2, 0) is 5.60 Å². The highest BCUT2D eigenvalue weighted by atomic mass is 32.1. The fraction of sp³-hybridized carbons (Fsp3) is 0.190. The number of hydrogen-bond acceptors (Lipinski definition) is 5. The standard InChI is InChI=1S/C21H20F2N2O3S/c1-21(27,14-10-11-29-12-14)13-24-19(26)17-4-2-3-5-18(17)25-15-6-8-16(9-7-15)28-20(22)23/h2-12,20,25,27H,13H2,1H3,(H,24,26)/t21-/m0/s1. The second kappa shape index (κ2) is 9.02. The van der Waals surface area contributed by atoms with Crippen LogP contribution in [0.2, 0.25) is 0 Å². The van der Waals surface area contributed by atoms with E-state index in [1.165, 1.54) is 23.5 Å². The lowest BCUT2D eigenvalue weighted by atomic mass is 9.99. The maximum atomic E-state index is 12.7. The first kappa shape index (κ1) is 20.8. The molecular weight excluding hydrogens is 398 g/mol. The summed E-state index contributed by atoms with van der Waals surface area (Å²) in [6.07, 6.45) is 0. The van der Waals surface area contributed by atoms with Crippen molar-refractivity contribution in [3.8, 4) is 5.75 Å². The Morgan fingerprint density at radius 1 is 1.17 bits per heavy atom. The van der Waals surface area contributed by atoms with Crippen molar-refractivity contribution in [2.24, 2.45) is 0 Å². The quantitative estimate of drug-likeness (QED) is 0.495. The zero-order valence-electron chi connectivity index (χ0n) is 15.6. The average Bonchev–Trinajstić information content (AvgIpc) is 3.24. The Bertz CT molecular complexity index is 945. The van der Waals surface area contributed by atoms with Crippen LogP contribution in [0.3, 0.4) is 0 Å². The monoisotopic (exact) mass is 418 g/mol. The highest BCUT2D eigenvalue weighted by molar-refractivity contribution is 7.08. The van der Waals surface area contributed by atoms with Crippen LogP contribution in [0.4, 0.5) is 20.2 Å². The van der Waals surface area contributed by atoms with Crippen molar-refractivity contribution in [1.29, 1.82) is 0 Å². The van der Waals surface area contributed by atoms with Crippen molar-refractivity contribution < 1.29 is 23.4 Å². The fourth-order valence-corrected chi connectivity index (χ4v) is 3.47. The SMILES string of the molecule is C[C@](O)(CNC(=O)c1ccccc1Nc1ccc(OC(F)F)cc1)c1ccsc1. The number of rotatable bonds is 8. The third-order valence-corrected chi connectivity index (χ3v) is 4.95. The van der Waals surface area contributed by atoms with Gasteiger partial charge in [0.15, 0.2) is 0 Å². The summed E-state index contributed by atoms with van der Waals surface area (Å²) in [5.74, 6) is -0.298. The zero-order valence-corrected chi connectivity index (χ0v) is 16.4. The topological polar surface area (TPSA) is 70.6 Å². The predicted octanol–water partition coefficient (Wildman–Crippen LogP) is 4.73. The van der Waals surface area contributed by atoms with Gasteiger partial charge in [0.05, 0.1) is 17.8 Å². The van der Waals surface area contributed by atoms with Gasteiger partial charge in [-0.3, -0.25) is 4.79 Å². The summed E-state index contributed by atoms with van der Waals surface area (Å²) in [7, 11) is 0. The van der Waals surface area contributed by atoms with Gasteiger partial charge in [-0.15, -0.1) is 0 Å². The van der Waals surface area contributed by atoms with Crippen LogP contribution in [0.15, 0.2) is 65.4 Å². The molecule has 3 rings (SSSR count). The van der Waals surface area contributed by atoms with Gasteiger partial charge in [0.1, 0.15) is 11.4 Å². The van der Waals surface area contributed by atoms with Crippen LogP contribution in [-0.4, -0.2) is 24.2 Å². The Hall–Kier alpha value is -2.97. The van der Waals surface area contributed by atoms with Crippen molar-refractivity contribution >= 4 is 28.6 Å². The lowest BCUT2D eigenvalue weighted by Gasteiger charge is -2.23. The minimum absolute atomic E-state index is 0.0484. The average molecular weight is 418 g/mol. The van der Waals surface area contributed by atoms with E-state index in [4.69, 9.17) is 0 Å². The third kappa shape index (κ3) is 5.52. The molecule has 2 aromatic carbocycles. The molecule has 0 saturated heterocycles. The van der Waals surface area contributed by atoms with E-state index < -0.39 is 12.2 Å². The van der Waals surface area contributed by atoms with Gasteiger partial charge >= 0.3 is 6.61 Å². The number of aliphatic hydroxyl groups is 1. The molecule has 0 fully saturated rings. The maximum absolute atomic E-state index is 12.7. The molecule has 1 aromatic heterocycles. The summed E-state index contributed by atoms with van der Waals surface area (Å²) >= 11 is 1.47. The molecule has 0 saturated carbocycles. The van der Waals surface area contributed by atoms with Crippen molar-refractivity contribution in [3.05, 3.63) is 76.5 Å². The van der Waals surface area contributed by atoms with E-state index in [0.29, 0.717) is 16.9 Å². The smallest absolute Gasteiger partial charge is 0.387 e. The normalized spacial score (nSPS) is 13.0. The molecular formula is C21H20F2N2O3S. The number of para-hydroxylation sites is 1. The predicted molar refractivity (Wildman–Crippen MR) is 109 cm³/mol. The number of nitrogens with one attached hydrogen (secondary N) is 2. The lowest BCUT2D eigenvalue weighted by Crippen LogP contribution is -2.38. The van der Waals surface area contributed by atoms with E-state index in [0.717, 1.165) is 5.56 Å². The summed E-state index contributed by atoms with van der Waals surface area (Å²) in [5.41, 5.74) is 1.10. The Labute approximate surface area is 171 Å². The molecule has 0 aliphatic carbocycles.